The van der Waals surface area contributed by atoms with Crippen LogP contribution in [0.4, 0.5) is 0 Å². The summed E-state index contributed by atoms with van der Waals surface area (Å²) < 4.78 is 0. The Morgan fingerprint density at radius 1 is 1.39 bits per heavy atom. The van der Waals surface area contributed by atoms with Crippen molar-refractivity contribution in [1.82, 2.24) is 5.01 Å². The Labute approximate surface area is 108 Å². The predicted molar refractivity (Wildman–Crippen MR) is 73.6 cm³/mol. The highest BCUT2D eigenvalue weighted by Crippen LogP contribution is 2.23. The van der Waals surface area contributed by atoms with E-state index in [1.807, 2.05) is 37.3 Å². The van der Waals surface area contributed by atoms with Crippen LogP contribution in [0.2, 0.25) is 0 Å². The van der Waals surface area contributed by atoms with E-state index < -0.39 is 0 Å². The van der Waals surface area contributed by atoms with Crippen molar-refractivity contribution in [1.29, 1.82) is 0 Å². The summed E-state index contributed by atoms with van der Waals surface area (Å²) in [7, 11) is 0. The molecular formula is C15H20N2O. The highest BCUT2D eigenvalue weighted by atomic mass is 16.2. The average molecular weight is 244 g/mol. The second kappa shape index (κ2) is 5.34. The third-order valence-electron chi connectivity index (χ3n) is 3.13. The van der Waals surface area contributed by atoms with Gasteiger partial charge in [-0.1, -0.05) is 32.0 Å². The molecule has 0 fully saturated rings. The van der Waals surface area contributed by atoms with Crippen LogP contribution in [0.1, 0.15) is 44.0 Å². The van der Waals surface area contributed by atoms with E-state index in [4.69, 9.17) is 0 Å². The van der Waals surface area contributed by atoms with E-state index in [9.17, 15) is 4.79 Å². The van der Waals surface area contributed by atoms with Gasteiger partial charge in [-0.15, -0.1) is 0 Å². The fourth-order valence-corrected chi connectivity index (χ4v) is 2.39. The number of benzene rings is 1. The van der Waals surface area contributed by atoms with Gasteiger partial charge in [0, 0.05) is 17.7 Å². The molecule has 1 amide bonds. The first-order valence-electron chi connectivity index (χ1n) is 6.50. The summed E-state index contributed by atoms with van der Waals surface area (Å²) in [4.78, 5) is 12.4. The largest absolute Gasteiger partial charge is 0.274 e. The molecule has 18 heavy (non-hydrogen) atoms. The van der Waals surface area contributed by atoms with Gasteiger partial charge in [0.15, 0.2) is 0 Å². The van der Waals surface area contributed by atoms with Gasteiger partial charge >= 0.3 is 0 Å². The van der Waals surface area contributed by atoms with Gasteiger partial charge in [0.1, 0.15) is 0 Å². The van der Waals surface area contributed by atoms with Crippen molar-refractivity contribution >= 4 is 11.6 Å². The third kappa shape index (κ3) is 2.78. The van der Waals surface area contributed by atoms with Crippen LogP contribution in [0.5, 0.6) is 0 Å². The van der Waals surface area contributed by atoms with E-state index in [-0.39, 0.29) is 11.9 Å². The summed E-state index contributed by atoms with van der Waals surface area (Å²) in [6, 6.07) is 9.60. The van der Waals surface area contributed by atoms with Crippen molar-refractivity contribution in [3.05, 3.63) is 35.9 Å². The molecular weight excluding hydrogens is 224 g/mol. The first-order valence-corrected chi connectivity index (χ1v) is 6.50. The van der Waals surface area contributed by atoms with E-state index in [2.05, 4.69) is 18.9 Å². The van der Waals surface area contributed by atoms with Crippen molar-refractivity contribution in [2.75, 3.05) is 0 Å². The summed E-state index contributed by atoms with van der Waals surface area (Å²) in [6.07, 6.45) is 1.90. The van der Waals surface area contributed by atoms with Crippen LogP contribution in [-0.4, -0.2) is 22.7 Å². The average Bonchev–Trinajstić information content (AvgIpc) is 2.69. The fourth-order valence-electron chi connectivity index (χ4n) is 2.39. The molecule has 1 aliphatic rings. The van der Waals surface area contributed by atoms with E-state index in [1.165, 1.54) is 0 Å². The highest BCUT2D eigenvalue weighted by molar-refractivity contribution is 5.97. The molecule has 1 atom stereocenters. The van der Waals surface area contributed by atoms with Gasteiger partial charge < -0.3 is 0 Å². The van der Waals surface area contributed by atoms with Crippen molar-refractivity contribution in [2.45, 2.75) is 39.7 Å². The number of carbonyl (C=O) groups is 1. The number of nitrogens with zero attached hydrogens (tertiary/aromatic N) is 2. The highest BCUT2D eigenvalue weighted by Gasteiger charge is 2.30. The number of hydrazone groups is 1. The topological polar surface area (TPSA) is 32.7 Å². The normalized spacial score (nSPS) is 19.2. The first-order chi connectivity index (χ1) is 8.58. The van der Waals surface area contributed by atoms with Gasteiger partial charge in [0.25, 0.3) is 5.91 Å². The van der Waals surface area contributed by atoms with Crippen LogP contribution >= 0.6 is 0 Å². The zero-order valence-corrected chi connectivity index (χ0v) is 11.3. The van der Waals surface area contributed by atoms with Crippen LogP contribution in [0.25, 0.3) is 0 Å². The minimum Gasteiger partial charge on any atom is -0.267 e. The second-order valence-electron chi connectivity index (χ2n) is 5.34. The molecule has 1 aromatic rings. The Balaban J connectivity index is 2.17. The van der Waals surface area contributed by atoms with Crippen LogP contribution in [0.3, 0.4) is 0 Å². The standard InChI is InChI=1S/C15H20N2O/c1-11(2)9-14-10-12(3)16-17(14)15(18)13-7-5-4-6-8-13/h4-8,11,14H,9-10H2,1-3H3. The molecule has 0 saturated carbocycles. The van der Waals surface area contributed by atoms with Gasteiger partial charge in [0.2, 0.25) is 0 Å². The van der Waals surface area contributed by atoms with Gasteiger partial charge in [-0.25, -0.2) is 5.01 Å². The SMILES string of the molecule is CC1=NN(C(=O)c2ccccc2)C(CC(C)C)C1. The number of rotatable bonds is 3. The van der Waals surface area contributed by atoms with E-state index >= 15 is 0 Å². The quantitative estimate of drug-likeness (QED) is 0.802. The molecule has 0 spiro atoms. The van der Waals surface area contributed by atoms with Crippen molar-refractivity contribution in [3.8, 4) is 0 Å². The van der Waals surface area contributed by atoms with Crippen molar-refractivity contribution in [2.24, 2.45) is 11.0 Å². The smallest absolute Gasteiger partial charge is 0.267 e. The lowest BCUT2D eigenvalue weighted by molar-refractivity contribution is 0.0695. The molecule has 1 unspecified atom stereocenters. The summed E-state index contributed by atoms with van der Waals surface area (Å²) in [5.41, 5.74) is 1.76. The molecule has 1 aliphatic heterocycles. The fraction of sp³-hybridized carbons (Fsp3) is 0.467. The summed E-state index contributed by atoms with van der Waals surface area (Å²) in [5, 5.41) is 6.07. The molecule has 3 heteroatoms. The molecule has 0 aliphatic carbocycles. The lowest BCUT2D eigenvalue weighted by Crippen LogP contribution is -2.33. The monoisotopic (exact) mass is 244 g/mol. The third-order valence-corrected chi connectivity index (χ3v) is 3.13. The summed E-state index contributed by atoms with van der Waals surface area (Å²) in [5.74, 6) is 0.584. The van der Waals surface area contributed by atoms with Crippen molar-refractivity contribution in [3.63, 3.8) is 0 Å². The minimum atomic E-state index is 0.0121. The van der Waals surface area contributed by atoms with Gasteiger partial charge in [0.05, 0.1) is 6.04 Å². The molecule has 0 saturated heterocycles. The Hall–Kier alpha value is -1.64. The predicted octanol–water partition coefficient (Wildman–Crippen LogP) is 3.32. The maximum absolute atomic E-state index is 12.4. The van der Waals surface area contributed by atoms with E-state index in [0.29, 0.717) is 11.5 Å². The van der Waals surface area contributed by atoms with Crippen LogP contribution in [0, 0.1) is 5.92 Å². The maximum Gasteiger partial charge on any atom is 0.274 e. The Kier molecular flexibility index (Phi) is 3.80. The van der Waals surface area contributed by atoms with E-state index in [1.54, 1.807) is 5.01 Å². The van der Waals surface area contributed by atoms with E-state index in [0.717, 1.165) is 18.6 Å². The molecule has 0 bridgehead atoms. The second-order valence-corrected chi connectivity index (χ2v) is 5.34. The minimum absolute atomic E-state index is 0.0121. The molecule has 2 rings (SSSR count). The van der Waals surface area contributed by atoms with Crippen LogP contribution in [-0.2, 0) is 0 Å². The number of carbonyl (C=O) groups excluding carboxylic acids is 1. The van der Waals surface area contributed by atoms with Crippen LogP contribution in [0.15, 0.2) is 35.4 Å². The Morgan fingerprint density at radius 2 is 2.06 bits per heavy atom. The molecule has 0 N–H and O–H groups in total. The molecule has 96 valence electrons. The van der Waals surface area contributed by atoms with Gasteiger partial charge in [-0.2, -0.15) is 5.10 Å². The zero-order valence-electron chi connectivity index (χ0n) is 11.3. The van der Waals surface area contributed by atoms with Gasteiger partial charge in [-0.3, -0.25) is 4.79 Å². The zero-order chi connectivity index (χ0) is 13.1. The Morgan fingerprint density at radius 3 is 2.67 bits per heavy atom. The van der Waals surface area contributed by atoms with Crippen molar-refractivity contribution < 1.29 is 4.79 Å². The Bertz CT molecular complexity index is 451. The molecule has 1 heterocycles. The first kappa shape index (κ1) is 12.8. The number of hydrogen-bond acceptors (Lipinski definition) is 2. The number of amides is 1. The lowest BCUT2D eigenvalue weighted by Gasteiger charge is -2.23. The molecule has 3 nitrogen and oxygen atoms in total. The summed E-state index contributed by atoms with van der Waals surface area (Å²) >= 11 is 0. The molecule has 1 aromatic carbocycles. The van der Waals surface area contributed by atoms with Gasteiger partial charge in [-0.05, 0) is 31.4 Å². The lowest BCUT2D eigenvalue weighted by atomic mass is 9.99. The van der Waals surface area contributed by atoms with Crippen LogP contribution < -0.4 is 0 Å². The number of hydrogen-bond donors (Lipinski definition) is 0. The summed E-state index contributed by atoms with van der Waals surface area (Å²) in [6.45, 7) is 6.35. The molecule has 0 radical (unpaired) electrons. The maximum atomic E-state index is 12.4. The molecule has 0 aromatic heterocycles.